The predicted octanol–water partition coefficient (Wildman–Crippen LogP) is 3.97. The lowest BCUT2D eigenvalue weighted by molar-refractivity contribution is -0.384. The van der Waals surface area contributed by atoms with Gasteiger partial charge in [-0.25, -0.2) is 0 Å². The number of benzene rings is 2. The lowest BCUT2D eigenvalue weighted by Crippen LogP contribution is -2.13. The molecule has 0 aliphatic carbocycles. The molecule has 1 aromatic heterocycles. The third-order valence-electron chi connectivity index (χ3n) is 3.08. The van der Waals surface area contributed by atoms with Crippen molar-refractivity contribution in [3.8, 4) is 11.4 Å². The van der Waals surface area contributed by atoms with E-state index in [9.17, 15) is 14.9 Å². The maximum atomic E-state index is 12.4. The van der Waals surface area contributed by atoms with Crippen LogP contribution in [0.5, 0.6) is 0 Å². The van der Waals surface area contributed by atoms with Crippen LogP contribution in [-0.2, 0) is 0 Å². The van der Waals surface area contributed by atoms with E-state index in [4.69, 9.17) is 0 Å². The first-order chi connectivity index (χ1) is 11.5. The van der Waals surface area contributed by atoms with E-state index in [-0.39, 0.29) is 11.3 Å². The number of nitro groups is 1. The number of carbonyl (C=O) groups excluding carboxylic acids is 1. The standard InChI is InChI=1S/C15H9IN4O3S/c16-12-7-6-10(20(22)23)8-11(12)14(21)18-15-17-13(19-24-15)9-4-2-1-3-5-9/h1-8H,(H,17,18,19,21). The first-order valence-electron chi connectivity index (χ1n) is 6.69. The maximum absolute atomic E-state index is 12.4. The second kappa shape index (κ2) is 7.01. The fraction of sp³-hybridized carbons (Fsp3) is 0. The van der Waals surface area contributed by atoms with E-state index < -0.39 is 10.8 Å². The molecule has 0 aliphatic heterocycles. The number of amides is 1. The summed E-state index contributed by atoms with van der Waals surface area (Å²) in [6, 6.07) is 13.5. The van der Waals surface area contributed by atoms with Crippen molar-refractivity contribution in [3.05, 3.63) is 67.8 Å². The maximum Gasteiger partial charge on any atom is 0.270 e. The summed E-state index contributed by atoms with van der Waals surface area (Å²) < 4.78 is 4.82. The topological polar surface area (TPSA) is 98.0 Å². The SMILES string of the molecule is O=C(Nc1nc(-c2ccccc2)ns1)c1cc([N+](=O)[O-])ccc1I. The van der Waals surface area contributed by atoms with Gasteiger partial charge in [-0.15, -0.1) is 0 Å². The van der Waals surface area contributed by atoms with Gasteiger partial charge < -0.3 is 0 Å². The molecule has 0 fully saturated rings. The zero-order valence-corrected chi connectivity index (χ0v) is 14.9. The van der Waals surface area contributed by atoms with E-state index in [1.54, 1.807) is 0 Å². The molecule has 3 rings (SSSR count). The van der Waals surface area contributed by atoms with Gasteiger partial charge in [0.15, 0.2) is 5.82 Å². The zero-order chi connectivity index (χ0) is 17.1. The van der Waals surface area contributed by atoms with Crippen molar-refractivity contribution in [2.75, 3.05) is 5.32 Å². The summed E-state index contributed by atoms with van der Waals surface area (Å²) in [5.41, 5.74) is 0.934. The fourth-order valence-corrected chi connectivity index (χ4v) is 3.11. The zero-order valence-electron chi connectivity index (χ0n) is 12.0. The Hall–Kier alpha value is -2.40. The molecule has 0 radical (unpaired) electrons. The van der Waals surface area contributed by atoms with Crippen molar-refractivity contribution in [3.63, 3.8) is 0 Å². The predicted molar refractivity (Wildman–Crippen MR) is 99.1 cm³/mol. The van der Waals surface area contributed by atoms with Crippen molar-refractivity contribution < 1.29 is 9.72 Å². The summed E-state index contributed by atoms with van der Waals surface area (Å²) in [4.78, 5) is 26.9. The number of aromatic nitrogens is 2. The van der Waals surface area contributed by atoms with Crippen molar-refractivity contribution in [1.29, 1.82) is 0 Å². The number of hydrogen-bond acceptors (Lipinski definition) is 6. The Labute approximate surface area is 154 Å². The van der Waals surface area contributed by atoms with Gasteiger partial charge in [0, 0.05) is 32.8 Å². The number of anilines is 1. The summed E-state index contributed by atoms with van der Waals surface area (Å²) >= 11 is 3.01. The van der Waals surface area contributed by atoms with Crippen LogP contribution in [-0.4, -0.2) is 20.2 Å². The number of rotatable bonds is 4. The summed E-state index contributed by atoms with van der Waals surface area (Å²) in [6.45, 7) is 0. The Morgan fingerprint density at radius 2 is 1.96 bits per heavy atom. The van der Waals surface area contributed by atoms with Crippen molar-refractivity contribution in [2.45, 2.75) is 0 Å². The summed E-state index contributed by atoms with van der Waals surface area (Å²) in [5, 5.41) is 13.8. The smallest absolute Gasteiger partial charge is 0.270 e. The number of hydrogen-bond donors (Lipinski definition) is 1. The molecule has 7 nitrogen and oxygen atoms in total. The minimum absolute atomic E-state index is 0.136. The highest BCUT2D eigenvalue weighted by Gasteiger charge is 2.17. The summed E-state index contributed by atoms with van der Waals surface area (Å²) in [7, 11) is 0. The van der Waals surface area contributed by atoms with Crippen LogP contribution in [0.4, 0.5) is 10.8 Å². The highest BCUT2D eigenvalue weighted by molar-refractivity contribution is 14.1. The molecule has 120 valence electrons. The van der Waals surface area contributed by atoms with E-state index in [0.29, 0.717) is 14.5 Å². The van der Waals surface area contributed by atoms with Gasteiger partial charge in [-0.1, -0.05) is 30.3 Å². The molecule has 0 bridgehead atoms. The monoisotopic (exact) mass is 452 g/mol. The molecule has 0 unspecified atom stereocenters. The Morgan fingerprint density at radius 1 is 1.21 bits per heavy atom. The van der Waals surface area contributed by atoms with E-state index in [1.807, 2.05) is 52.9 Å². The first-order valence-corrected chi connectivity index (χ1v) is 8.54. The van der Waals surface area contributed by atoms with Crippen LogP contribution in [0.3, 0.4) is 0 Å². The van der Waals surface area contributed by atoms with Gasteiger partial charge in [0.25, 0.3) is 11.6 Å². The van der Waals surface area contributed by atoms with Gasteiger partial charge in [0.2, 0.25) is 5.13 Å². The van der Waals surface area contributed by atoms with Gasteiger partial charge in [-0.05, 0) is 28.7 Å². The molecule has 0 atom stereocenters. The number of halogens is 1. The average molecular weight is 452 g/mol. The molecule has 9 heteroatoms. The third-order valence-corrected chi connectivity index (χ3v) is 4.66. The van der Waals surface area contributed by atoms with Gasteiger partial charge >= 0.3 is 0 Å². The normalized spacial score (nSPS) is 10.4. The van der Waals surface area contributed by atoms with Crippen molar-refractivity contribution >= 4 is 50.8 Å². The van der Waals surface area contributed by atoms with E-state index in [0.717, 1.165) is 17.1 Å². The molecule has 0 saturated heterocycles. The van der Waals surface area contributed by atoms with Crippen LogP contribution in [0.15, 0.2) is 48.5 Å². The van der Waals surface area contributed by atoms with Gasteiger partial charge in [-0.2, -0.15) is 9.36 Å². The second-order valence-electron chi connectivity index (χ2n) is 4.66. The Bertz CT molecular complexity index is 914. The molecule has 0 saturated carbocycles. The summed E-state index contributed by atoms with van der Waals surface area (Å²) in [6.07, 6.45) is 0. The molecule has 1 heterocycles. The van der Waals surface area contributed by atoms with Gasteiger partial charge in [0.1, 0.15) is 0 Å². The number of nitrogens with one attached hydrogen (secondary N) is 1. The third kappa shape index (κ3) is 3.57. The molecular weight excluding hydrogens is 443 g/mol. The van der Waals surface area contributed by atoms with E-state index in [1.165, 1.54) is 18.2 Å². The highest BCUT2D eigenvalue weighted by Crippen LogP contribution is 2.23. The van der Waals surface area contributed by atoms with Crippen molar-refractivity contribution in [2.24, 2.45) is 0 Å². The first kappa shape index (κ1) is 16.5. The largest absolute Gasteiger partial charge is 0.297 e. The van der Waals surface area contributed by atoms with Crippen LogP contribution < -0.4 is 5.32 Å². The van der Waals surface area contributed by atoms with Gasteiger partial charge in [0.05, 0.1) is 10.5 Å². The minimum atomic E-state index is -0.536. The highest BCUT2D eigenvalue weighted by atomic mass is 127. The lowest BCUT2D eigenvalue weighted by atomic mass is 10.2. The Balaban J connectivity index is 1.82. The van der Waals surface area contributed by atoms with Crippen LogP contribution in [0.25, 0.3) is 11.4 Å². The Morgan fingerprint density at radius 3 is 2.67 bits per heavy atom. The van der Waals surface area contributed by atoms with Crippen molar-refractivity contribution in [1.82, 2.24) is 9.36 Å². The quantitative estimate of drug-likeness (QED) is 0.367. The van der Waals surface area contributed by atoms with Gasteiger partial charge in [-0.3, -0.25) is 20.2 Å². The molecular formula is C15H9IN4O3S. The molecule has 1 N–H and O–H groups in total. The summed E-state index contributed by atoms with van der Waals surface area (Å²) in [5.74, 6) is 0.0588. The number of nitro benzene ring substituents is 1. The molecule has 0 spiro atoms. The number of carbonyl (C=O) groups is 1. The molecule has 2 aromatic carbocycles. The molecule has 24 heavy (non-hydrogen) atoms. The molecule has 3 aromatic rings. The van der Waals surface area contributed by atoms with E-state index in [2.05, 4.69) is 14.7 Å². The van der Waals surface area contributed by atoms with Crippen LogP contribution in [0, 0.1) is 13.7 Å². The van der Waals surface area contributed by atoms with E-state index >= 15 is 0 Å². The number of nitrogens with zero attached hydrogens (tertiary/aromatic N) is 3. The van der Waals surface area contributed by atoms with Crippen LogP contribution in [0.2, 0.25) is 0 Å². The minimum Gasteiger partial charge on any atom is -0.297 e. The lowest BCUT2D eigenvalue weighted by Gasteiger charge is -2.03. The fourth-order valence-electron chi connectivity index (χ4n) is 1.94. The number of non-ortho nitro benzene ring substituents is 1. The molecule has 0 aliphatic rings. The Kier molecular flexibility index (Phi) is 4.81. The second-order valence-corrected chi connectivity index (χ2v) is 6.58. The average Bonchev–Trinajstić information content (AvgIpc) is 3.04. The van der Waals surface area contributed by atoms with Crippen LogP contribution >= 0.6 is 34.1 Å². The molecule has 1 amide bonds. The van der Waals surface area contributed by atoms with Crippen LogP contribution in [0.1, 0.15) is 10.4 Å².